The molecule has 2 unspecified atom stereocenters. The van der Waals surface area contributed by atoms with Crippen LogP contribution in [0.1, 0.15) is 13.3 Å². The Hall–Kier alpha value is -0.170. The van der Waals surface area contributed by atoms with E-state index in [9.17, 15) is 8.42 Å². The van der Waals surface area contributed by atoms with Gasteiger partial charge in [0.2, 0.25) is 10.0 Å². The molecule has 0 radical (unpaired) electrons. The average Bonchev–Trinajstić information content (AvgIpc) is 2.52. The highest BCUT2D eigenvalue weighted by atomic mass is 32.2. The minimum absolute atomic E-state index is 0.118. The molecule has 0 aromatic carbocycles. The molecule has 1 heterocycles. The Labute approximate surface area is 85.3 Å². The zero-order valence-corrected chi connectivity index (χ0v) is 9.43. The molecule has 6 heteroatoms. The van der Waals surface area contributed by atoms with E-state index in [1.54, 1.807) is 0 Å². The maximum atomic E-state index is 11.1. The number of nitrogens with one attached hydrogen (secondary N) is 2. The van der Waals surface area contributed by atoms with Crippen LogP contribution in [0.5, 0.6) is 0 Å². The van der Waals surface area contributed by atoms with E-state index in [0.717, 1.165) is 13.0 Å². The Morgan fingerprint density at radius 2 is 2.21 bits per heavy atom. The SMILES string of the molecule is CNS(=O)(=O)CCNC1CCOC1C. The summed E-state index contributed by atoms with van der Waals surface area (Å²) in [6, 6.07) is 0.294. The van der Waals surface area contributed by atoms with Gasteiger partial charge in [-0.05, 0) is 20.4 Å². The number of hydrogen-bond donors (Lipinski definition) is 2. The molecule has 0 aliphatic carbocycles. The second-order valence-corrected chi connectivity index (χ2v) is 5.49. The molecule has 0 aromatic heterocycles. The van der Waals surface area contributed by atoms with Gasteiger partial charge in [0, 0.05) is 19.2 Å². The Morgan fingerprint density at radius 1 is 1.50 bits per heavy atom. The minimum atomic E-state index is -3.08. The molecule has 0 spiro atoms. The van der Waals surface area contributed by atoms with Crippen molar-refractivity contribution in [3.8, 4) is 0 Å². The lowest BCUT2D eigenvalue weighted by Gasteiger charge is -2.15. The van der Waals surface area contributed by atoms with Crippen LogP contribution in [0.4, 0.5) is 0 Å². The molecule has 0 bridgehead atoms. The van der Waals surface area contributed by atoms with Crippen LogP contribution in [0.25, 0.3) is 0 Å². The van der Waals surface area contributed by atoms with Crippen LogP contribution in [0.15, 0.2) is 0 Å². The van der Waals surface area contributed by atoms with Gasteiger partial charge in [0.1, 0.15) is 0 Å². The molecular weight excluding hydrogens is 204 g/mol. The predicted octanol–water partition coefficient (Wildman–Crippen LogP) is -0.697. The zero-order valence-electron chi connectivity index (χ0n) is 8.62. The standard InChI is InChI=1S/C8H18N2O3S/c1-7-8(3-5-13-7)10-4-6-14(11,12)9-2/h7-10H,3-6H2,1-2H3. The van der Waals surface area contributed by atoms with E-state index in [2.05, 4.69) is 10.0 Å². The van der Waals surface area contributed by atoms with E-state index in [-0.39, 0.29) is 11.9 Å². The topological polar surface area (TPSA) is 67.4 Å². The first-order valence-corrected chi connectivity index (χ1v) is 6.46. The fourth-order valence-electron chi connectivity index (χ4n) is 1.48. The lowest BCUT2D eigenvalue weighted by molar-refractivity contribution is 0.113. The van der Waals surface area contributed by atoms with Gasteiger partial charge in [0.15, 0.2) is 0 Å². The van der Waals surface area contributed by atoms with Crippen molar-refractivity contribution in [3.63, 3.8) is 0 Å². The van der Waals surface area contributed by atoms with Crippen LogP contribution in [-0.4, -0.2) is 46.5 Å². The molecule has 2 N–H and O–H groups in total. The third-order valence-corrected chi connectivity index (χ3v) is 3.83. The van der Waals surface area contributed by atoms with Crippen LogP contribution < -0.4 is 10.0 Å². The second kappa shape index (κ2) is 5.06. The van der Waals surface area contributed by atoms with E-state index < -0.39 is 10.0 Å². The van der Waals surface area contributed by atoms with Gasteiger partial charge in [0.25, 0.3) is 0 Å². The quantitative estimate of drug-likeness (QED) is 0.645. The number of ether oxygens (including phenoxy) is 1. The molecule has 0 aromatic rings. The first kappa shape index (κ1) is 11.9. The van der Waals surface area contributed by atoms with Crippen molar-refractivity contribution in [1.82, 2.24) is 10.0 Å². The number of hydrogen-bond acceptors (Lipinski definition) is 4. The van der Waals surface area contributed by atoms with Crippen LogP contribution >= 0.6 is 0 Å². The van der Waals surface area contributed by atoms with Crippen LogP contribution in [0.3, 0.4) is 0 Å². The highest BCUT2D eigenvalue weighted by Gasteiger charge is 2.23. The summed E-state index contributed by atoms with van der Waals surface area (Å²) in [4.78, 5) is 0. The van der Waals surface area contributed by atoms with Crippen molar-refractivity contribution in [1.29, 1.82) is 0 Å². The summed E-state index contributed by atoms with van der Waals surface area (Å²) in [5.74, 6) is 0.118. The van der Waals surface area contributed by atoms with Crippen molar-refractivity contribution < 1.29 is 13.2 Å². The van der Waals surface area contributed by atoms with Gasteiger partial charge >= 0.3 is 0 Å². The molecule has 14 heavy (non-hydrogen) atoms. The number of rotatable bonds is 5. The highest BCUT2D eigenvalue weighted by Crippen LogP contribution is 2.11. The summed E-state index contributed by atoms with van der Waals surface area (Å²) in [6.45, 7) is 3.23. The Morgan fingerprint density at radius 3 is 2.71 bits per heavy atom. The molecule has 2 atom stereocenters. The minimum Gasteiger partial charge on any atom is -0.377 e. The monoisotopic (exact) mass is 222 g/mol. The molecule has 5 nitrogen and oxygen atoms in total. The predicted molar refractivity (Wildman–Crippen MR) is 54.7 cm³/mol. The summed E-state index contributed by atoms with van der Waals surface area (Å²) >= 11 is 0. The second-order valence-electron chi connectivity index (χ2n) is 3.45. The molecular formula is C8H18N2O3S. The van der Waals surface area contributed by atoms with Crippen molar-refractivity contribution in [2.75, 3.05) is 26.0 Å². The van der Waals surface area contributed by atoms with E-state index in [0.29, 0.717) is 12.6 Å². The van der Waals surface area contributed by atoms with Crippen molar-refractivity contribution in [3.05, 3.63) is 0 Å². The summed E-state index contributed by atoms with van der Waals surface area (Å²) in [6.07, 6.45) is 1.15. The Kier molecular flexibility index (Phi) is 4.31. The van der Waals surface area contributed by atoms with Crippen LogP contribution in [-0.2, 0) is 14.8 Å². The summed E-state index contributed by atoms with van der Waals surface area (Å²) in [5.41, 5.74) is 0. The molecule has 0 saturated carbocycles. The Bertz CT molecular complexity index is 266. The van der Waals surface area contributed by atoms with E-state index in [1.807, 2.05) is 6.92 Å². The normalized spacial score (nSPS) is 28.1. The van der Waals surface area contributed by atoms with Gasteiger partial charge in [-0.2, -0.15) is 0 Å². The van der Waals surface area contributed by atoms with Crippen molar-refractivity contribution >= 4 is 10.0 Å². The fraction of sp³-hybridized carbons (Fsp3) is 1.00. The maximum absolute atomic E-state index is 11.1. The van der Waals surface area contributed by atoms with E-state index >= 15 is 0 Å². The summed E-state index contributed by atoms with van der Waals surface area (Å²) in [7, 11) is -1.65. The molecule has 1 fully saturated rings. The molecule has 1 aliphatic heterocycles. The first-order chi connectivity index (χ1) is 6.55. The smallest absolute Gasteiger partial charge is 0.212 e. The Balaban J connectivity index is 2.21. The molecule has 0 amide bonds. The molecule has 1 saturated heterocycles. The highest BCUT2D eigenvalue weighted by molar-refractivity contribution is 7.89. The third-order valence-electron chi connectivity index (χ3n) is 2.46. The van der Waals surface area contributed by atoms with E-state index in [1.165, 1.54) is 7.05 Å². The van der Waals surface area contributed by atoms with Crippen molar-refractivity contribution in [2.45, 2.75) is 25.5 Å². The molecule has 84 valence electrons. The van der Waals surface area contributed by atoms with Gasteiger partial charge in [-0.3, -0.25) is 0 Å². The summed E-state index contributed by atoms with van der Waals surface area (Å²) in [5, 5.41) is 3.18. The maximum Gasteiger partial charge on any atom is 0.212 e. The van der Waals surface area contributed by atoms with Gasteiger partial charge in [-0.15, -0.1) is 0 Å². The summed E-state index contributed by atoms with van der Waals surface area (Å²) < 4.78 is 29.8. The van der Waals surface area contributed by atoms with E-state index in [4.69, 9.17) is 4.74 Å². The fourth-order valence-corrected chi connectivity index (χ4v) is 2.07. The number of sulfonamides is 1. The van der Waals surface area contributed by atoms with Gasteiger partial charge in [0.05, 0.1) is 11.9 Å². The lowest BCUT2D eigenvalue weighted by Crippen LogP contribution is -2.39. The first-order valence-electron chi connectivity index (χ1n) is 4.81. The van der Waals surface area contributed by atoms with Crippen molar-refractivity contribution in [2.24, 2.45) is 0 Å². The largest absolute Gasteiger partial charge is 0.377 e. The van der Waals surface area contributed by atoms with Crippen LogP contribution in [0.2, 0.25) is 0 Å². The third kappa shape index (κ3) is 3.53. The molecule has 1 aliphatic rings. The van der Waals surface area contributed by atoms with Gasteiger partial charge < -0.3 is 10.1 Å². The molecule has 1 rings (SSSR count). The average molecular weight is 222 g/mol. The zero-order chi connectivity index (χ0) is 10.6. The van der Waals surface area contributed by atoms with Gasteiger partial charge in [-0.1, -0.05) is 0 Å². The van der Waals surface area contributed by atoms with Crippen LogP contribution in [0, 0.1) is 0 Å². The lowest BCUT2D eigenvalue weighted by atomic mass is 10.2. The van der Waals surface area contributed by atoms with Gasteiger partial charge in [-0.25, -0.2) is 13.1 Å².